The SMILES string of the molecule is COC(C)CCC(=O)N[C@H]1Cc2cccc(C(C)=O)c2OB1O. The zero-order chi connectivity index (χ0) is 17.0. The molecule has 23 heavy (non-hydrogen) atoms. The Morgan fingerprint density at radius 2 is 2.26 bits per heavy atom. The van der Waals surface area contributed by atoms with E-state index < -0.39 is 13.1 Å². The van der Waals surface area contributed by atoms with E-state index in [4.69, 9.17) is 9.39 Å². The van der Waals surface area contributed by atoms with Crippen LogP contribution in [0.3, 0.4) is 0 Å². The maximum atomic E-state index is 12.0. The summed E-state index contributed by atoms with van der Waals surface area (Å²) in [4.78, 5) is 23.6. The van der Waals surface area contributed by atoms with E-state index in [9.17, 15) is 14.6 Å². The first kappa shape index (κ1) is 17.5. The summed E-state index contributed by atoms with van der Waals surface area (Å²) in [6.07, 6.45) is 1.35. The van der Waals surface area contributed by atoms with E-state index in [-0.39, 0.29) is 17.8 Å². The zero-order valence-electron chi connectivity index (χ0n) is 13.7. The lowest BCUT2D eigenvalue weighted by Gasteiger charge is -2.29. The number of hydrogen-bond acceptors (Lipinski definition) is 5. The monoisotopic (exact) mass is 319 g/mol. The van der Waals surface area contributed by atoms with Gasteiger partial charge in [-0.1, -0.05) is 12.1 Å². The molecule has 124 valence electrons. The fourth-order valence-corrected chi connectivity index (χ4v) is 2.56. The molecule has 0 aromatic heterocycles. The molecule has 0 bridgehead atoms. The van der Waals surface area contributed by atoms with Crippen LogP contribution in [-0.2, 0) is 16.0 Å². The van der Waals surface area contributed by atoms with Crippen molar-refractivity contribution in [3.8, 4) is 5.75 Å². The first-order valence-corrected chi connectivity index (χ1v) is 7.72. The van der Waals surface area contributed by atoms with Crippen LogP contribution in [-0.4, -0.2) is 43.0 Å². The predicted molar refractivity (Wildman–Crippen MR) is 86.4 cm³/mol. The highest BCUT2D eigenvalue weighted by atomic mass is 16.5. The molecule has 1 heterocycles. The number of benzene rings is 1. The number of methoxy groups -OCH3 is 1. The van der Waals surface area contributed by atoms with Gasteiger partial charge in [-0.15, -0.1) is 0 Å². The van der Waals surface area contributed by atoms with Gasteiger partial charge in [0.05, 0.1) is 17.6 Å². The summed E-state index contributed by atoms with van der Waals surface area (Å²) < 4.78 is 10.6. The minimum atomic E-state index is -1.17. The molecule has 6 nitrogen and oxygen atoms in total. The molecule has 2 N–H and O–H groups in total. The van der Waals surface area contributed by atoms with E-state index in [0.717, 1.165) is 5.56 Å². The third-order valence-electron chi connectivity index (χ3n) is 4.03. The molecule has 0 aliphatic carbocycles. The van der Waals surface area contributed by atoms with Crippen LogP contribution in [0.15, 0.2) is 18.2 Å². The van der Waals surface area contributed by atoms with Gasteiger partial charge < -0.3 is 19.7 Å². The molecule has 0 radical (unpaired) electrons. The van der Waals surface area contributed by atoms with Gasteiger partial charge in [0, 0.05) is 13.5 Å². The Balaban J connectivity index is 2.03. The van der Waals surface area contributed by atoms with E-state index in [0.29, 0.717) is 30.6 Å². The largest absolute Gasteiger partial charge is 0.547 e. The molecule has 1 aromatic rings. The van der Waals surface area contributed by atoms with Crippen LogP contribution in [0.1, 0.15) is 42.6 Å². The molecule has 2 atom stereocenters. The van der Waals surface area contributed by atoms with E-state index in [1.54, 1.807) is 19.2 Å². The van der Waals surface area contributed by atoms with Crippen LogP contribution in [0.2, 0.25) is 0 Å². The van der Waals surface area contributed by atoms with Crippen molar-refractivity contribution in [3.05, 3.63) is 29.3 Å². The van der Waals surface area contributed by atoms with Crippen molar-refractivity contribution in [3.63, 3.8) is 0 Å². The number of ether oxygens (including phenoxy) is 1. The molecule has 0 spiro atoms. The van der Waals surface area contributed by atoms with Gasteiger partial charge in [-0.2, -0.15) is 0 Å². The van der Waals surface area contributed by atoms with Crippen molar-refractivity contribution < 1.29 is 24.0 Å². The first-order chi connectivity index (χ1) is 10.9. The number of fused-ring (bicyclic) bond motifs is 1. The van der Waals surface area contributed by atoms with Crippen LogP contribution in [0.25, 0.3) is 0 Å². The second-order valence-corrected chi connectivity index (χ2v) is 5.82. The lowest BCUT2D eigenvalue weighted by Crippen LogP contribution is -2.53. The molecule has 0 saturated heterocycles. The molecule has 1 aliphatic heterocycles. The van der Waals surface area contributed by atoms with Crippen molar-refractivity contribution in [1.29, 1.82) is 0 Å². The lowest BCUT2D eigenvalue weighted by atomic mass is 9.72. The minimum Gasteiger partial charge on any atom is -0.534 e. The molecule has 1 amide bonds. The maximum absolute atomic E-state index is 12.0. The van der Waals surface area contributed by atoms with Gasteiger partial charge in [0.25, 0.3) is 0 Å². The van der Waals surface area contributed by atoms with E-state index in [2.05, 4.69) is 5.32 Å². The number of hydrogen-bond donors (Lipinski definition) is 2. The summed E-state index contributed by atoms with van der Waals surface area (Å²) in [6.45, 7) is 3.35. The average Bonchev–Trinajstić information content (AvgIpc) is 2.52. The van der Waals surface area contributed by atoms with E-state index in [1.807, 2.05) is 13.0 Å². The number of rotatable bonds is 6. The molecule has 0 saturated carbocycles. The third-order valence-corrected chi connectivity index (χ3v) is 4.03. The molecule has 1 unspecified atom stereocenters. The quantitative estimate of drug-likeness (QED) is 0.607. The second kappa shape index (κ2) is 7.61. The molecule has 0 fully saturated rings. The van der Waals surface area contributed by atoms with Crippen molar-refractivity contribution in [2.24, 2.45) is 0 Å². The van der Waals surface area contributed by atoms with Gasteiger partial charge >= 0.3 is 7.12 Å². The Labute approximate surface area is 136 Å². The third kappa shape index (κ3) is 4.33. The summed E-state index contributed by atoms with van der Waals surface area (Å²) >= 11 is 0. The zero-order valence-corrected chi connectivity index (χ0v) is 13.7. The lowest BCUT2D eigenvalue weighted by molar-refractivity contribution is -0.122. The van der Waals surface area contributed by atoms with Crippen LogP contribution >= 0.6 is 0 Å². The number of Topliss-reactive ketones (excluding diaryl/α,β-unsaturated/α-hetero) is 1. The number of carbonyl (C=O) groups is 2. The number of amides is 1. The standard InChI is InChI=1S/C16H22BNO5/c1-10(22-3)7-8-15(20)18-14-9-12-5-4-6-13(11(2)19)16(12)23-17(14)21/h4-6,10,14,21H,7-9H2,1-3H3,(H,18,20)/t10?,14-/m0/s1. The Morgan fingerprint density at radius 1 is 1.52 bits per heavy atom. The van der Waals surface area contributed by atoms with Crippen LogP contribution in [0, 0.1) is 0 Å². The maximum Gasteiger partial charge on any atom is 0.547 e. The van der Waals surface area contributed by atoms with E-state index >= 15 is 0 Å². The van der Waals surface area contributed by atoms with Gasteiger partial charge in [0.2, 0.25) is 5.91 Å². The summed E-state index contributed by atoms with van der Waals surface area (Å²) in [7, 11) is 0.428. The Hall–Kier alpha value is -1.86. The Kier molecular flexibility index (Phi) is 5.79. The highest BCUT2D eigenvalue weighted by Gasteiger charge is 2.37. The van der Waals surface area contributed by atoms with Gasteiger partial charge in [-0.3, -0.25) is 9.59 Å². The molecule has 2 rings (SSSR count). The van der Waals surface area contributed by atoms with Crippen molar-refractivity contribution >= 4 is 18.8 Å². The fourth-order valence-electron chi connectivity index (χ4n) is 2.56. The molecule has 1 aromatic carbocycles. The van der Waals surface area contributed by atoms with Crippen LogP contribution < -0.4 is 9.97 Å². The minimum absolute atomic E-state index is 0.00660. The number of para-hydroxylation sites is 1. The second-order valence-electron chi connectivity index (χ2n) is 5.82. The van der Waals surface area contributed by atoms with Crippen molar-refractivity contribution in [1.82, 2.24) is 5.32 Å². The van der Waals surface area contributed by atoms with E-state index in [1.165, 1.54) is 6.92 Å². The summed E-state index contributed by atoms with van der Waals surface area (Å²) in [5.74, 6) is -0.404. The normalized spacial score (nSPS) is 17.9. The smallest absolute Gasteiger partial charge is 0.534 e. The molecule has 7 heteroatoms. The summed E-state index contributed by atoms with van der Waals surface area (Å²) in [5, 5.41) is 12.9. The summed E-state index contributed by atoms with van der Waals surface area (Å²) in [6, 6.07) is 5.27. The van der Waals surface area contributed by atoms with Gasteiger partial charge in [-0.05, 0) is 38.3 Å². The number of carbonyl (C=O) groups excluding carboxylic acids is 2. The number of ketones is 1. The topological polar surface area (TPSA) is 84.9 Å². The average molecular weight is 319 g/mol. The van der Waals surface area contributed by atoms with Crippen LogP contribution in [0.5, 0.6) is 5.75 Å². The van der Waals surface area contributed by atoms with Crippen molar-refractivity contribution in [2.75, 3.05) is 7.11 Å². The van der Waals surface area contributed by atoms with Gasteiger partial charge in [-0.25, -0.2) is 0 Å². The van der Waals surface area contributed by atoms with Crippen molar-refractivity contribution in [2.45, 2.75) is 45.2 Å². The Bertz CT molecular complexity index is 592. The highest BCUT2D eigenvalue weighted by Crippen LogP contribution is 2.30. The molecular formula is C16H22BNO5. The first-order valence-electron chi connectivity index (χ1n) is 7.72. The highest BCUT2D eigenvalue weighted by molar-refractivity contribution is 6.47. The van der Waals surface area contributed by atoms with Crippen LogP contribution in [0.4, 0.5) is 0 Å². The Morgan fingerprint density at radius 3 is 2.91 bits per heavy atom. The fraction of sp³-hybridized carbons (Fsp3) is 0.500. The molecular weight excluding hydrogens is 297 g/mol. The van der Waals surface area contributed by atoms with Gasteiger partial charge in [0.1, 0.15) is 5.75 Å². The number of nitrogens with one attached hydrogen (secondary N) is 1. The summed E-state index contributed by atoms with van der Waals surface area (Å²) in [5.41, 5.74) is 1.25. The predicted octanol–water partition coefficient (Wildman–Crippen LogP) is 1.14. The van der Waals surface area contributed by atoms with Gasteiger partial charge in [0.15, 0.2) is 5.78 Å². The molecule has 1 aliphatic rings.